The maximum absolute atomic E-state index is 12.7. The van der Waals surface area contributed by atoms with E-state index >= 15 is 0 Å². The molecule has 1 atom stereocenters. The van der Waals surface area contributed by atoms with Crippen molar-refractivity contribution in [3.8, 4) is 6.07 Å². The van der Waals surface area contributed by atoms with Crippen molar-refractivity contribution in [2.45, 2.75) is 10.6 Å². The molecule has 0 aliphatic rings. The molecule has 0 amide bonds. The summed E-state index contributed by atoms with van der Waals surface area (Å²) in [5, 5.41) is 8.88. The molecule has 0 aliphatic carbocycles. The van der Waals surface area contributed by atoms with Gasteiger partial charge in [-0.3, -0.25) is 4.21 Å². The maximum atomic E-state index is 12.7. The zero-order chi connectivity index (χ0) is 13.0. The first-order valence-corrected chi connectivity index (χ1v) is 6.50. The lowest BCUT2D eigenvalue weighted by Gasteiger charge is -2.03. The lowest BCUT2D eigenvalue weighted by Crippen LogP contribution is -2.00. The van der Waals surface area contributed by atoms with Crippen LogP contribution >= 0.6 is 0 Å². The highest BCUT2D eigenvalue weighted by Crippen LogP contribution is 2.14. The molecule has 0 spiro atoms. The van der Waals surface area contributed by atoms with E-state index in [1.165, 1.54) is 30.5 Å². The van der Waals surface area contributed by atoms with Crippen LogP contribution in [0.2, 0.25) is 0 Å². The Morgan fingerprint density at radius 3 is 2.67 bits per heavy atom. The predicted molar refractivity (Wildman–Crippen MR) is 65.5 cm³/mol. The average molecular weight is 260 g/mol. The summed E-state index contributed by atoms with van der Waals surface area (Å²) in [5.74, 6) is -0.169. The minimum atomic E-state index is -1.31. The van der Waals surface area contributed by atoms with E-state index in [0.29, 0.717) is 10.5 Å². The van der Waals surface area contributed by atoms with Gasteiger partial charge in [0.15, 0.2) is 0 Å². The Morgan fingerprint density at radius 2 is 2.00 bits per heavy atom. The standard InChI is InChI=1S/C13H9FN2OS/c14-11-3-5-12(6-4-11)18(17)9-10-2-1-7-16-13(10)8-15/h1-7H,9H2. The van der Waals surface area contributed by atoms with Crippen LogP contribution in [0.3, 0.4) is 0 Å². The first-order valence-electron chi connectivity index (χ1n) is 5.18. The van der Waals surface area contributed by atoms with Crippen molar-refractivity contribution in [3.63, 3.8) is 0 Å². The second-order valence-corrected chi connectivity index (χ2v) is 5.02. The summed E-state index contributed by atoms with van der Waals surface area (Å²) in [4.78, 5) is 4.43. The van der Waals surface area contributed by atoms with Crippen LogP contribution < -0.4 is 0 Å². The third-order valence-electron chi connectivity index (χ3n) is 2.36. The molecule has 0 radical (unpaired) electrons. The minimum absolute atomic E-state index is 0.197. The Morgan fingerprint density at radius 1 is 1.28 bits per heavy atom. The fourth-order valence-electron chi connectivity index (χ4n) is 1.47. The SMILES string of the molecule is N#Cc1ncccc1CS(=O)c1ccc(F)cc1. The topological polar surface area (TPSA) is 53.8 Å². The van der Waals surface area contributed by atoms with Crippen molar-refractivity contribution in [2.24, 2.45) is 0 Å². The molecule has 90 valence electrons. The van der Waals surface area contributed by atoms with Crippen molar-refractivity contribution >= 4 is 10.8 Å². The molecule has 1 aromatic carbocycles. The van der Waals surface area contributed by atoms with Crippen LogP contribution in [0.4, 0.5) is 4.39 Å². The first kappa shape index (κ1) is 12.4. The van der Waals surface area contributed by atoms with Gasteiger partial charge < -0.3 is 0 Å². The molecule has 0 N–H and O–H groups in total. The van der Waals surface area contributed by atoms with E-state index in [9.17, 15) is 8.60 Å². The molecule has 0 fully saturated rings. The smallest absolute Gasteiger partial charge is 0.144 e. The number of nitrogens with zero attached hydrogens (tertiary/aromatic N) is 2. The van der Waals surface area contributed by atoms with Gasteiger partial charge in [0, 0.05) is 16.7 Å². The molecule has 0 saturated heterocycles. The highest BCUT2D eigenvalue weighted by atomic mass is 32.2. The van der Waals surface area contributed by atoms with Crippen LogP contribution in [0, 0.1) is 17.1 Å². The molecule has 2 aromatic rings. The second-order valence-electron chi connectivity index (χ2n) is 3.57. The Balaban J connectivity index is 2.22. The first-order chi connectivity index (χ1) is 8.70. The highest BCUT2D eigenvalue weighted by Gasteiger charge is 2.09. The van der Waals surface area contributed by atoms with Crippen molar-refractivity contribution in [1.29, 1.82) is 5.26 Å². The monoisotopic (exact) mass is 260 g/mol. The normalized spacial score (nSPS) is 11.8. The van der Waals surface area contributed by atoms with Gasteiger partial charge in [-0.25, -0.2) is 9.37 Å². The second kappa shape index (κ2) is 5.52. The maximum Gasteiger partial charge on any atom is 0.144 e. The third kappa shape index (κ3) is 2.79. The highest BCUT2D eigenvalue weighted by molar-refractivity contribution is 7.84. The van der Waals surface area contributed by atoms with Gasteiger partial charge in [0.2, 0.25) is 0 Å². The minimum Gasteiger partial charge on any atom is -0.254 e. The zero-order valence-electron chi connectivity index (χ0n) is 9.34. The summed E-state index contributed by atoms with van der Waals surface area (Å²) in [6, 6.07) is 10.9. The summed E-state index contributed by atoms with van der Waals surface area (Å²) in [5.41, 5.74) is 0.899. The van der Waals surface area contributed by atoms with Crippen molar-refractivity contribution < 1.29 is 8.60 Å². The predicted octanol–water partition coefficient (Wildman–Crippen LogP) is 2.40. The number of halogens is 1. The van der Waals surface area contributed by atoms with E-state index in [2.05, 4.69) is 4.98 Å². The number of aromatic nitrogens is 1. The number of hydrogen-bond acceptors (Lipinski definition) is 3. The van der Waals surface area contributed by atoms with Gasteiger partial charge in [-0.05, 0) is 30.3 Å². The van der Waals surface area contributed by atoms with Crippen molar-refractivity contribution in [3.05, 3.63) is 59.7 Å². The summed E-state index contributed by atoms with van der Waals surface area (Å²) in [7, 11) is -1.31. The Bertz CT molecular complexity index is 620. The van der Waals surface area contributed by atoms with Crippen LogP contribution in [-0.2, 0) is 16.6 Å². The molecule has 0 aliphatic heterocycles. The molecule has 18 heavy (non-hydrogen) atoms. The van der Waals surface area contributed by atoms with Crippen LogP contribution in [-0.4, -0.2) is 9.19 Å². The largest absolute Gasteiger partial charge is 0.254 e. The van der Waals surface area contributed by atoms with Crippen LogP contribution in [0.1, 0.15) is 11.3 Å². The summed E-state index contributed by atoms with van der Waals surface area (Å²) >= 11 is 0. The van der Waals surface area contributed by atoms with E-state index in [1.54, 1.807) is 12.1 Å². The molecule has 0 saturated carbocycles. The van der Waals surface area contributed by atoms with Gasteiger partial charge in [0.05, 0.1) is 16.6 Å². The number of benzene rings is 1. The third-order valence-corrected chi connectivity index (χ3v) is 3.73. The van der Waals surface area contributed by atoms with E-state index in [4.69, 9.17) is 5.26 Å². The van der Waals surface area contributed by atoms with Crippen LogP contribution in [0.5, 0.6) is 0 Å². The lowest BCUT2D eigenvalue weighted by atomic mass is 10.2. The van der Waals surface area contributed by atoms with Gasteiger partial charge in [0.25, 0.3) is 0 Å². The van der Waals surface area contributed by atoms with E-state index in [0.717, 1.165) is 0 Å². The summed E-state index contributed by atoms with van der Waals surface area (Å²) in [6.07, 6.45) is 1.52. The number of rotatable bonds is 3. The van der Waals surface area contributed by atoms with Crippen molar-refractivity contribution in [1.82, 2.24) is 4.98 Å². The van der Waals surface area contributed by atoms with E-state index in [-0.39, 0.29) is 17.3 Å². The Labute approximate surface area is 106 Å². The van der Waals surface area contributed by atoms with Crippen molar-refractivity contribution in [2.75, 3.05) is 0 Å². The Kier molecular flexibility index (Phi) is 3.80. The van der Waals surface area contributed by atoms with Crippen LogP contribution in [0.15, 0.2) is 47.5 Å². The quantitative estimate of drug-likeness (QED) is 0.851. The average Bonchev–Trinajstić information content (AvgIpc) is 2.40. The molecule has 1 unspecified atom stereocenters. The van der Waals surface area contributed by atoms with Gasteiger partial charge in [-0.1, -0.05) is 6.07 Å². The Hall–Kier alpha value is -2.06. The molecule has 0 bridgehead atoms. The van der Waals surface area contributed by atoms with E-state index in [1.807, 2.05) is 6.07 Å². The summed E-state index contributed by atoms with van der Waals surface area (Å²) < 4.78 is 24.8. The molecule has 1 aromatic heterocycles. The molecule has 2 rings (SSSR count). The number of hydrogen-bond donors (Lipinski definition) is 0. The molecule has 5 heteroatoms. The van der Waals surface area contributed by atoms with Gasteiger partial charge in [-0.2, -0.15) is 5.26 Å². The number of pyridine rings is 1. The van der Waals surface area contributed by atoms with Gasteiger partial charge in [-0.15, -0.1) is 0 Å². The summed E-state index contributed by atoms with van der Waals surface area (Å²) in [6.45, 7) is 0. The fourth-order valence-corrected chi connectivity index (χ4v) is 2.59. The van der Waals surface area contributed by atoms with Gasteiger partial charge >= 0.3 is 0 Å². The molecule has 1 heterocycles. The number of nitriles is 1. The molecule has 3 nitrogen and oxygen atoms in total. The van der Waals surface area contributed by atoms with Gasteiger partial charge in [0.1, 0.15) is 17.6 Å². The van der Waals surface area contributed by atoms with E-state index < -0.39 is 10.8 Å². The fraction of sp³-hybridized carbons (Fsp3) is 0.0769. The van der Waals surface area contributed by atoms with Crippen LogP contribution in [0.25, 0.3) is 0 Å². The molecular formula is C13H9FN2OS. The lowest BCUT2D eigenvalue weighted by molar-refractivity contribution is 0.626. The zero-order valence-corrected chi connectivity index (χ0v) is 10.2. The molecular weight excluding hydrogens is 251 g/mol.